The van der Waals surface area contributed by atoms with Gasteiger partial charge in [0.2, 0.25) is 11.7 Å². The third kappa shape index (κ3) is 4.59. The Hall–Kier alpha value is -3.85. The molecular formula is C26H28N6O3. The van der Waals surface area contributed by atoms with E-state index in [4.69, 9.17) is 4.52 Å². The Morgan fingerprint density at radius 1 is 1.00 bits per heavy atom. The van der Waals surface area contributed by atoms with Gasteiger partial charge in [0.05, 0.1) is 18.0 Å². The molecule has 0 N–H and O–H groups in total. The molecule has 1 aliphatic heterocycles. The Morgan fingerprint density at radius 2 is 1.69 bits per heavy atom. The molecule has 0 saturated carbocycles. The first-order valence-corrected chi connectivity index (χ1v) is 11.8. The SMILES string of the molecule is Cc1ccc(-c2noc(CN3CCN(C(=O)c4nn(C(C)C)c(=O)c5ccccc45)CC3)n2)cc1. The minimum atomic E-state index is -0.179. The van der Waals surface area contributed by atoms with E-state index in [1.165, 1.54) is 10.2 Å². The van der Waals surface area contributed by atoms with Crippen LogP contribution in [-0.4, -0.2) is 61.8 Å². The van der Waals surface area contributed by atoms with Crippen LogP contribution in [0.25, 0.3) is 22.2 Å². The Balaban J connectivity index is 1.28. The van der Waals surface area contributed by atoms with E-state index >= 15 is 0 Å². The lowest BCUT2D eigenvalue weighted by atomic mass is 10.1. The third-order valence-corrected chi connectivity index (χ3v) is 6.32. The molecule has 1 aliphatic rings. The highest BCUT2D eigenvalue weighted by molar-refractivity contribution is 6.04. The van der Waals surface area contributed by atoms with Gasteiger partial charge in [0, 0.05) is 37.1 Å². The van der Waals surface area contributed by atoms with Crippen molar-refractivity contribution in [3.63, 3.8) is 0 Å². The number of hydrogen-bond donors (Lipinski definition) is 0. The molecule has 0 atom stereocenters. The molecule has 35 heavy (non-hydrogen) atoms. The zero-order valence-electron chi connectivity index (χ0n) is 20.1. The molecule has 1 fully saturated rings. The second-order valence-corrected chi connectivity index (χ2v) is 9.18. The molecule has 0 unspecified atom stereocenters. The summed E-state index contributed by atoms with van der Waals surface area (Å²) in [5.74, 6) is 0.971. The lowest BCUT2D eigenvalue weighted by Gasteiger charge is -2.34. The fourth-order valence-corrected chi connectivity index (χ4v) is 4.30. The molecule has 0 bridgehead atoms. The highest BCUT2D eigenvalue weighted by Crippen LogP contribution is 2.19. The second-order valence-electron chi connectivity index (χ2n) is 9.18. The topological polar surface area (TPSA) is 97.4 Å². The van der Waals surface area contributed by atoms with E-state index < -0.39 is 0 Å². The van der Waals surface area contributed by atoms with Crippen LogP contribution >= 0.6 is 0 Å². The van der Waals surface area contributed by atoms with E-state index in [9.17, 15) is 9.59 Å². The number of aryl methyl sites for hydroxylation is 1. The van der Waals surface area contributed by atoms with Crippen LogP contribution in [0.5, 0.6) is 0 Å². The Morgan fingerprint density at radius 3 is 2.37 bits per heavy atom. The third-order valence-electron chi connectivity index (χ3n) is 6.32. The van der Waals surface area contributed by atoms with Crippen LogP contribution in [0.2, 0.25) is 0 Å². The zero-order chi connectivity index (χ0) is 24.5. The maximum Gasteiger partial charge on any atom is 0.275 e. The maximum atomic E-state index is 13.4. The van der Waals surface area contributed by atoms with Gasteiger partial charge in [-0.05, 0) is 26.8 Å². The van der Waals surface area contributed by atoms with Crippen LogP contribution in [-0.2, 0) is 6.54 Å². The Bertz CT molecular complexity index is 1420. The predicted octanol–water partition coefficient (Wildman–Crippen LogP) is 3.29. The predicted molar refractivity (Wildman–Crippen MR) is 132 cm³/mol. The van der Waals surface area contributed by atoms with Crippen molar-refractivity contribution in [3.8, 4) is 11.4 Å². The van der Waals surface area contributed by atoms with Gasteiger partial charge in [0.15, 0.2) is 5.69 Å². The van der Waals surface area contributed by atoms with Crippen LogP contribution in [0.15, 0.2) is 57.8 Å². The number of hydrogen-bond acceptors (Lipinski definition) is 7. The smallest absolute Gasteiger partial charge is 0.275 e. The van der Waals surface area contributed by atoms with E-state index in [0.717, 1.165) is 5.56 Å². The van der Waals surface area contributed by atoms with E-state index in [0.29, 0.717) is 60.9 Å². The number of benzene rings is 2. The number of rotatable bonds is 5. The summed E-state index contributed by atoms with van der Waals surface area (Å²) in [7, 11) is 0. The molecule has 9 heteroatoms. The van der Waals surface area contributed by atoms with Crippen molar-refractivity contribution in [2.75, 3.05) is 26.2 Å². The highest BCUT2D eigenvalue weighted by atomic mass is 16.5. The summed E-state index contributed by atoms with van der Waals surface area (Å²) >= 11 is 0. The lowest BCUT2D eigenvalue weighted by Crippen LogP contribution is -2.48. The first kappa shape index (κ1) is 22.9. The highest BCUT2D eigenvalue weighted by Gasteiger charge is 2.27. The van der Waals surface area contributed by atoms with Crippen LogP contribution < -0.4 is 5.56 Å². The van der Waals surface area contributed by atoms with Gasteiger partial charge in [-0.3, -0.25) is 14.5 Å². The van der Waals surface area contributed by atoms with Gasteiger partial charge in [-0.25, -0.2) is 4.68 Å². The first-order chi connectivity index (χ1) is 16.9. The molecule has 0 radical (unpaired) electrons. The molecule has 5 rings (SSSR count). The lowest BCUT2D eigenvalue weighted by molar-refractivity contribution is 0.0608. The number of aromatic nitrogens is 4. The standard InChI is InChI=1S/C26H28N6O3/c1-17(2)32-25(33)21-7-5-4-6-20(21)23(28-32)26(34)31-14-12-30(13-15-31)16-22-27-24(29-35-22)19-10-8-18(3)9-11-19/h4-11,17H,12-16H2,1-3H3. The van der Waals surface area contributed by atoms with Gasteiger partial charge >= 0.3 is 0 Å². The molecule has 0 spiro atoms. The van der Waals surface area contributed by atoms with Crippen LogP contribution in [0.3, 0.4) is 0 Å². The van der Waals surface area contributed by atoms with E-state index in [1.54, 1.807) is 17.0 Å². The van der Waals surface area contributed by atoms with Crippen LogP contribution in [0, 0.1) is 6.92 Å². The van der Waals surface area contributed by atoms with Gasteiger partial charge in [0.1, 0.15) is 0 Å². The Kier molecular flexibility index (Phi) is 6.17. The summed E-state index contributed by atoms with van der Waals surface area (Å²) in [4.78, 5) is 34.8. The fraction of sp³-hybridized carbons (Fsp3) is 0.346. The van der Waals surface area contributed by atoms with Gasteiger partial charge in [-0.1, -0.05) is 53.2 Å². The zero-order valence-corrected chi connectivity index (χ0v) is 20.1. The number of carbonyl (C=O) groups is 1. The van der Waals surface area contributed by atoms with Gasteiger partial charge in [0.25, 0.3) is 11.5 Å². The largest absolute Gasteiger partial charge is 0.338 e. The van der Waals surface area contributed by atoms with Crippen molar-refractivity contribution < 1.29 is 9.32 Å². The molecule has 180 valence electrons. The minimum Gasteiger partial charge on any atom is -0.338 e. The average Bonchev–Trinajstić information content (AvgIpc) is 3.33. The van der Waals surface area contributed by atoms with Crippen molar-refractivity contribution in [3.05, 3.63) is 76.0 Å². The number of piperazine rings is 1. The molecule has 0 aliphatic carbocycles. The molecule has 1 saturated heterocycles. The summed E-state index contributed by atoms with van der Waals surface area (Å²) in [6.45, 7) is 8.79. The summed E-state index contributed by atoms with van der Waals surface area (Å²) < 4.78 is 6.86. The summed E-state index contributed by atoms with van der Waals surface area (Å²) in [6, 6.07) is 15.0. The monoisotopic (exact) mass is 472 g/mol. The number of fused-ring (bicyclic) bond motifs is 1. The van der Waals surface area contributed by atoms with Crippen molar-refractivity contribution in [2.24, 2.45) is 0 Å². The molecule has 2 aromatic carbocycles. The van der Waals surface area contributed by atoms with Crippen molar-refractivity contribution in [1.82, 2.24) is 29.7 Å². The van der Waals surface area contributed by atoms with Crippen molar-refractivity contribution >= 4 is 16.7 Å². The number of carbonyl (C=O) groups excluding carboxylic acids is 1. The molecule has 1 amide bonds. The number of nitrogens with zero attached hydrogens (tertiary/aromatic N) is 6. The van der Waals surface area contributed by atoms with E-state index in [1.807, 2.05) is 57.2 Å². The second kappa shape index (κ2) is 9.42. The van der Waals surface area contributed by atoms with Crippen molar-refractivity contribution in [2.45, 2.75) is 33.4 Å². The van der Waals surface area contributed by atoms with Gasteiger partial charge in [-0.15, -0.1) is 0 Å². The fourth-order valence-electron chi connectivity index (χ4n) is 4.30. The van der Waals surface area contributed by atoms with Crippen LogP contribution in [0.4, 0.5) is 0 Å². The first-order valence-electron chi connectivity index (χ1n) is 11.8. The van der Waals surface area contributed by atoms with E-state index in [2.05, 4.69) is 20.1 Å². The molecule has 3 heterocycles. The van der Waals surface area contributed by atoms with Gasteiger partial charge < -0.3 is 9.42 Å². The quantitative estimate of drug-likeness (QED) is 0.440. The summed E-state index contributed by atoms with van der Waals surface area (Å²) in [6.07, 6.45) is 0. The average molecular weight is 473 g/mol. The number of amides is 1. The Labute approximate surface area is 203 Å². The summed E-state index contributed by atoms with van der Waals surface area (Å²) in [5, 5.41) is 9.68. The van der Waals surface area contributed by atoms with E-state index in [-0.39, 0.29) is 17.5 Å². The van der Waals surface area contributed by atoms with Gasteiger partial charge in [-0.2, -0.15) is 10.1 Å². The normalized spacial score (nSPS) is 14.7. The summed E-state index contributed by atoms with van der Waals surface area (Å²) in [5.41, 5.74) is 2.24. The maximum absolute atomic E-state index is 13.4. The van der Waals surface area contributed by atoms with Crippen LogP contribution in [0.1, 0.15) is 41.8 Å². The molecular weight excluding hydrogens is 444 g/mol. The molecule has 2 aromatic heterocycles. The minimum absolute atomic E-state index is 0.144. The molecule has 9 nitrogen and oxygen atoms in total. The molecule has 4 aromatic rings. The van der Waals surface area contributed by atoms with Crippen molar-refractivity contribution in [1.29, 1.82) is 0 Å².